The van der Waals surface area contributed by atoms with E-state index in [0.717, 1.165) is 11.3 Å². The predicted molar refractivity (Wildman–Crippen MR) is 69.2 cm³/mol. The first kappa shape index (κ1) is 12.5. The van der Waals surface area contributed by atoms with Gasteiger partial charge in [-0.05, 0) is 30.7 Å². The highest BCUT2D eigenvalue weighted by molar-refractivity contribution is 5.45. The summed E-state index contributed by atoms with van der Waals surface area (Å²) in [4.78, 5) is 0. The second-order valence-corrected chi connectivity index (χ2v) is 5.47. The summed E-state index contributed by atoms with van der Waals surface area (Å²) in [5, 5.41) is 7.90. The van der Waals surface area contributed by atoms with Crippen LogP contribution in [-0.2, 0) is 5.41 Å². The Morgan fingerprint density at radius 3 is 2.44 bits per heavy atom. The molecule has 0 spiro atoms. The van der Waals surface area contributed by atoms with E-state index in [9.17, 15) is 4.39 Å². The maximum Gasteiger partial charge on any atom is 0.170 e. The molecule has 18 heavy (non-hydrogen) atoms. The fourth-order valence-electron chi connectivity index (χ4n) is 2.02. The number of aryl methyl sites for hydroxylation is 1. The monoisotopic (exact) mass is 248 g/mol. The van der Waals surface area contributed by atoms with Crippen LogP contribution in [0.25, 0.3) is 5.69 Å². The largest absolute Gasteiger partial charge is 0.381 e. The highest BCUT2D eigenvalue weighted by atomic mass is 19.1. The number of anilines is 1. The maximum atomic E-state index is 13.5. The summed E-state index contributed by atoms with van der Waals surface area (Å²) in [5.74, 6) is 0.0864. The van der Waals surface area contributed by atoms with E-state index < -0.39 is 0 Å². The molecule has 1 heterocycles. The number of benzene rings is 1. The van der Waals surface area contributed by atoms with Gasteiger partial charge in [0, 0.05) is 5.41 Å². The number of nitrogens with zero attached hydrogens (tertiary/aromatic N) is 3. The number of nitrogens with two attached hydrogens (primary N) is 1. The van der Waals surface area contributed by atoms with E-state index >= 15 is 0 Å². The summed E-state index contributed by atoms with van der Waals surface area (Å²) in [5.41, 5.74) is 7.90. The van der Waals surface area contributed by atoms with Crippen LogP contribution in [0.3, 0.4) is 0 Å². The molecule has 0 aliphatic carbocycles. The lowest BCUT2D eigenvalue weighted by molar-refractivity contribution is 0.542. The smallest absolute Gasteiger partial charge is 0.170 e. The zero-order chi connectivity index (χ0) is 13.5. The van der Waals surface area contributed by atoms with Crippen molar-refractivity contribution < 1.29 is 4.39 Å². The highest BCUT2D eigenvalue weighted by Gasteiger charge is 2.25. The predicted octanol–water partition coefficient (Wildman–Crippen LogP) is 2.59. The molecule has 0 unspecified atom stereocenters. The Bertz CT molecular complexity index is 561. The van der Waals surface area contributed by atoms with E-state index in [1.807, 2.05) is 33.8 Å². The molecule has 0 atom stereocenters. The SMILES string of the molecule is Cc1cc(F)cc(-n2nnc(N)c2C(C)(C)C)c1. The first-order valence-corrected chi connectivity index (χ1v) is 5.78. The second-order valence-electron chi connectivity index (χ2n) is 5.47. The summed E-state index contributed by atoms with van der Waals surface area (Å²) in [6, 6.07) is 4.75. The van der Waals surface area contributed by atoms with Crippen LogP contribution in [0.2, 0.25) is 0 Å². The fraction of sp³-hybridized carbons (Fsp3) is 0.385. The topological polar surface area (TPSA) is 56.7 Å². The molecule has 1 aromatic carbocycles. The van der Waals surface area contributed by atoms with Gasteiger partial charge in [-0.15, -0.1) is 5.10 Å². The van der Waals surface area contributed by atoms with Gasteiger partial charge < -0.3 is 5.73 Å². The van der Waals surface area contributed by atoms with Crippen molar-refractivity contribution in [2.45, 2.75) is 33.1 Å². The molecule has 0 radical (unpaired) electrons. The summed E-state index contributed by atoms with van der Waals surface area (Å²) in [6.07, 6.45) is 0. The van der Waals surface area contributed by atoms with Gasteiger partial charge in [0.05, 0.1) is 11.4 Å². The first-order chi connectivity index (χ1) is 8.29. The van der Waals surface area contributed by atoms with Crippen molar-refractivity contribution in [3.05, 3.63) is 35.3 Å². The fourth-order valence-corrected chi connectivity index (χ4v) is 2.02. The van der Waals surface area contributed by atoms with E-state index in [0.29, 0.717) is 11.5 Å². The maximum absolute atomic E-state index is 13.5. The van der Waals surface area contributed by atoms with Crippen molar-refractivity contribution >= 4 is 5.82 Å². The molecule has 0 fully saturated rings. The number of rotatable bonds is 1. The lowest BCUT2D eigenvalue weighted by atomic mass is 9.91. The first-order valence-electron chi connectivity index (χ1n) is 5.78. The molecule has 2 aromatic rings. The molecule has 2 N–H and O–H groups in total. The lowest BCUT2D eigenvalue weighted by Crippen LogP contribution is -2.19. The zero-order valence-electron chi connectivity index (χ0n) is 11.0. The summed E-state index contributed by atoms with van der Waals surface area (Å²) in [7, 11) is 0. The highest BCUT2D eigenvalue weighted by Crippen LogP contribution is 2.28. The van der Waals surface area contributed by atoms with Crippen LogP contribution in [-0.4, -0.2) is 15.0 Å². The Labute approximate surface area is 106 Å². The van der Waals surface area contributed by atoms with Gasteiger partial charge in [0.1, 0.15) is 5.82 Å². The summed E-state index contributed by atoms with van der Waals surface area (Å²) < 4.78 is 15.1. The van der Waals surface area contributed by atoms with E-state index in [2.05, 4.69) is 10.3 Å². The summed E-state index contributed by atoms with van der Waals surface area (Å²) >= 11 is 0. The third kappa shape index (κ3) is 2.20. The van der Waals surface area contributed by atoms with Crippen LogP contribution in [0.1, 0.15) is 32.0 Å². The Hall–Kier alpha value is -1.91. The normalized spacial score (nSPS) is 11.8. The van der Waals surface area contributed by atoms with Crippen LogP contribution in [0.5, 0.6) is 0 Å². The minimum atomic E-state index is -0.293. The standard InChI is InChI=1S/C13H17FN4/c1-8-5-9(14)7-10(6-8)18-11(13(2,3)4)12(15)16-17-18/h5-7H,15H2,1-4H3. The van der Waals surface area contributed by atoms with Gasteiger partial charge in [-0.25, -0.2) is 9.07 Å². The minimum Gasteiger partial charge on any atom is -0.381 e. The second kappa shape index (κ2) is 4.08. The van der Waals surface area contributed by atoms with Crippen molar-refractivity contribution in [3.8, 4) is 5.69 Å². The lowest BCUT2D eigenvalue weighted by Gasteiger charge is -2.20. The van der Waals surface area contributed by atoms with Crippen LogP contribution in [0.15, 0.2) is 18.2 Å². The van der Waals surface area contributed by atoms with Crippen LogP contribution in [0, 0.1) is 12.7 Å². The average Bonchev–Trinajstić information content (AvgIpc) is 2.57. The van der Waals surface area contributed by atoms with Gasteiger partial charge in [0.25, 0.3) is 0 Å². The van der Waals surface area contributed by atoms with Crippen LogP contribution < -0.4 is 5.73 Å². The Balaban J connectivity index is 2.65. The molecule has 0 amide bonds. The van der Waals surface area contributed by atoms with E-state index in [1.165, 1.54) is 12.1 Å². The van der Waals surface area contributed by atoms with Crippen molar-refractivity contribution in [1.82, 2.24) is 15.0 Å². The Kier molecular flexibility index (Phi) is 2.84. The number of halogens is 1. The molecule has 0 saturated carbocycles. The summed E-state index contributed by atoms with van der Waals surface area (Å²) in [6.45, 7) is 7.89. The van der Waals surface area contributed by atoms with Crippen LogP contribution in [0.4, 0.5) is 10.2 Å². The molecular formula is C13H17FN4. The van der Waals surface area contributed by atoms with Crippen molar-refractivity contribution in [2.75, 3.05) is 5.73 Å². The zero-order valence-corrected chi connectivity index (χ0v) is 11.0. The molecular weight excluding hydrogens is 231 g/mol. The molecule has 0 bridgehead atoms. The van der Waals surface area contributed by atoms with Gasteiger partial charge >= 0.3 is 0 Å². The average molecular weight is 248 g/mol. The third-order valence-electron chi connectivity index (χ3n) is 2.68. The van der Waals surface area contributed by atoms with Gasteiger partial charge in [-0.2, -0.15) is 0 Å². The van der Waals surface area contributed by atoms with Crippen molar-refractivity contribution in [1.29, 1.82) is 0 Å². The van der Waals surface area contributed by atoms with Gasteiger partial charge in [-0.1, -0.05) is 26.0 Å². The Morgan fingerprint density at radius 2 is 1.89 bits per heavy atom. The molecule has 96 valence electrons. The minimum absolute atomic E-state index is 0.214. The number of hydrogen-bond donors (Lipinski definition) is 1. The molecule has 1 aromatic heterocycles. The number of nitrogen functional groups attached to an aromatic ring is 1. The quantitative estimate of drug-likeness (QED) is 0.844. The van der Waals surface area contributed by atoms with E-state index in [1.54, 1.807) is 4.68 Å². The van der Waals surface area contributed by atoms with E-state index in [4.69, 9.17) is 5.73 Å². The molecule has 5 heteroatoms. The molecule has 0 aliphatic rings. The third-order valence-corrected chi connectivity index (χ3v) is 2.68. The van der Waals surface area contributed by atoms with Gasteiger partial charge in [-0.3, -0.25) is 0 Å². The van der Waals surface area contributed by atoms with Gasteiger partial charge in [0.2, 0.25) is 0 Å². The molecule has 0 saturated heterocycles. The number of hydrogen-bond acceptors (Lipinski definition) is 3. The van der Waals surface area contributed by atoms with Crippen molar-refractivity contribution in [3.63, 3.8) is 0 Å². The number of aromatic nitrogens is 3. The van der Waals surface area contributed by atoms with Crippen LogP contribution >= 0.6 is 0 Å². The van der Waals surface area contributed by atoms with Crippen molar-refractivity contribution in [2.24, 2.45) is 0 Å². The molecule has 0 aliphatic heterocycles. The van der Waals surface area contributed by atoms with Gasteiger partial charge in [0.15, 0.2) is 5.82 Å². The molecule has 4 nitrogen and oxygen atoms in total. The molecule has 2 rings (SSSR count). The Morgan fingerprint density at radius 1 is 1.22 bits per heavy atom. The van der Waals surface area contributed by atoms with E-state index in [-0.39, 0.29) is 11.2 Å².